The summed E-state index contributed by atoms with van der Waals surface area (Å²) in [4.78, 5) is 14.7. The minimum atomic E-state index is -0.144. The Labute approximate surface area is 153 Å². The van der Waals surface area contributed by atoms with E-state index in [0.717, 1.165) is 29.8 Å². The molecule has 4 rings (SSSR count). The van der Waals surface area contributed by atoms with Gasteiger partial charge in [0.2, 0.25) is 0 Å². The molecule has 2 N–H and O–H groups in total. The Morgan fingerprint density at radius 1 is 1.19 bits per heavy atom. The van der Waals surface area contributed by atoms with Gasteiger partial charge in [-0.05, 0) is 36.1 Å². The van der Waals surface area contributed by atoms with Crippen LogP contribution in [0.4, 0.5) is 5.69 Å². The van der Waals surface area contributed by atoms with Crippen LogP contribution >= 0.6 is 0 Å². The standard InChI is InChI=1S/C21H22N4O/c1-25-11-5-8-17-12-15(9-10-20(17)25)14-22-21(26)19-13-18(23-24-19)16-6-3-2-4-7-16/h2-4,6-7,9-10,12-13H,5,8,11,14H2,1H3,(H,22,26)(H,23,24). The number of carbonyl (C=O) groups excluding carboxylic acids is 1. The van der Waals surface area contributed by atoms with Crippen LogP contribution in [-0.2, 0) is 13.0 Å². The molecule has 0 unspecified atom stereocenters. The van der Waals surface area contributed by atoms with E-state index in [0.29, 0.717) is 12.2 Å². The lowest BCUT2D eigenvalue weighted by molar-refractivity contribution is 0.0946. The van der Waals surface area contributed by atoms with Crippen molar-refractivity contribution in [3.8, 4) is 11.3 Å². The minimum Gasteiger partial charge on any atom is -0.374 e. The molecule has 0 aliphatic carbocycles. The highest BCUT2D eigenvalue weighted by Gasteiger charge is 2.15. The van der Waals surface area contributed by atoms with Crippen molar-refractivity contribution in [3.05, 3.63) is 71.4 Å². The van der Waals surface area contributed by atoms with Gasteiger partial charge in [0.25, 0.3) is 5.91 Å². The number of aromatic amines is 1. The number of rotatable bonds is 4. The number of nitrogens with zero attached hydrogens (tertiary/aromatic N) is 2. The molecule has 2 heterocycles. The van der Waals surface area contributed by atoms with Crippen LogP contribution in [0.3, 0.4) is 0 Å². The Bertz CT molecular complexity index is 917. The fourth-order valence-electron chi connectivity index (χ4n) is 3.42. The van der Waals surface area contributed by atoms with Crippen molar-refractivity contribution in [1.82, 2.24) is 15.5 Å². The third kappa shape index (κ3) is 3.33. The zero-order valence-corrected chi connectivity index (χ0v) is 14.8. The lowest BCUT2D eigenvalue weighted by Crippen LogP contribution is -2.26. The average molecular weight is 346 g/mol. The monoisotopic (exact) mass is 346 g/mol. The van der Waals surface area contributed by atoms with Crippen LogP contribution in [0.5, 0.6) is 0 Å². The maximum Gasteiger partial charge on any atom is 0.269 e. The van der Waals surface area contributed by atoms with Crippen molar-refractivity contribution >= 4 is 11.6 Å². The number of aromatic nitrogens is 2. The van der Waals surface area contributed by atoms with Crippen LogP contribution in [0.2, 0.25) is 0 Å². The predicted octanol–water partition coefficient (Wildman–Crippen LogP) is 3.39. The number of benzene rings is 2. The number of anilines is 1. The van der Waals surface area contributed by atoms with E-state index in [4.69, 9.17) is 0 Å². The van der Waals surface area contributed by atoms with E-state index in [1.165, 1.54) is 17.7 Å². The van der Waals surface area contributed by atoms with E-state index in [-0.39, 0.29) is 5.91 Å². The van der Waals surface area contributed by atoms with Crippen LogP contribution in [0, 0.1) is 0 Å². The number of nitrogens with one attached hydrogen (secondary N) is 2. The van der Waals surface area contributed by atoms with Gasteiger partial charge in [-0.1, -0.05) is 42.5 Å². The highest BCUT2D eigenvalue weighted by molar-refractivity contribution is 5.93. The second kappa shape index (κ2) is 7.04. The number of fused-ring (bicyclic) bond motifs is 1. The lowest BCUT2D eigenvalue weighted by Gasteiger charge is -2.27. The quantitative estimate of drug-likeness (QED) is 0.761. The molecular weight excluding hydrogens is 324 g/mol. The Hall–Kier alpha value is -3.08. The molecule has 2 aromatic carbocycles. The first-order valence-corrected chi connectivity index (χ1v) is 8.93. The summed E-state index contributed by atoms with van der Waals surface area (Å²) in [5.41, 5.74) is 6.01. The highest BCUT2D eigenvalue weighted by atomic mass is 16.1. The van der Waals surface area contributed by atoms with E-state index in [1.807, 2.05) is 30.3 Å². The molecule has 0 saturated carbocycles. The van der Waals surface area contributed by atoms with Gasteiger partial charge < -0.3 is 10.2 Å². The molecule has 0 radical (unpaired) electrons. The number of carbonyl (C=O) groups is 1. The summed E-state index contributed by atoms with van der Waals surface area (Å²) in [6.45, 7) is 1.61. The van der Waals surface area contributed by atoms with Gasteiger partial charge in [-0.3, -0.25) is 9.89 Å². The van der Waals surface area contributed by atoms with Crippen LogP contribution in [0.15, 0.2) is 54.6 Å². The maximum atomic E-state index is 12.4. The number of amides is 1. The zero-order chi connectivity index (χ0) is 17.9. The largest absolute Gasteiger partial charge is 0.374 e. The summed E-state index contributed by atoms with van der Waals surface area (Å²) >= 11 is 0. The second-order valence-electron chi connectivity index (χ2n) is 6.70. The molecule has 0 bridgehead atoms. The fourth-order valence-corrected chi connectivity index (χ4v) is 3.42. The van der Waals surface area contributed by atoms with Crippen molar-refractivity contribution < 1.29 is 4.79 Å². The number of H-pyrrole nitrogens is 1. The number of hydrogen-bond donors (Lipinski definition) is 2. The molecule has 26 heavy (non-hydrogen) atoms. The predicted molar refractivity (Wildman–Crippen MR) is 103 cm³/mol. The minimum absolute atomic E-state index is 0.144. The average Bonchev–Trinajstić information content (AvgIpc) is 3.17. The van der Waals surface area contributed by atoms with Crippen molar-refractivity contribution in [1.29, 1.82) is 0 Å². The normalized spacial score (nSPS) is 13.3. The summed E-state index contributed by atoms with van der Waals surface area (Å²) in [7, 11) is 2.13. The summed E-state index contributed by atoms with van der Waals surface area (Å²) in [5.74, 6) is -0.144. The molecule has 5 heteroatoms. The van der Waals surface area contributed by atoms with Crippen molar-refractivity contribution in [2.45, 2.75) is 19.4 Å². The van der Waals surface area contributed by atoms with Crippen molar-refractivity contribution in [2.75, 3.05) is 18.5 Å². The first kappa shape index (κ1) is 16.4. The zero-order valence-electron chi connectivity index (χ0n) is 14.8. The number of aryl methyl sites for hydroxylation is 1. The maximum absolute atomic E-state index is 12.4. The summed E-state index contributed by atoms with van der Waals surface area (Å²) in [6, 6.07) is 18.0. The molecule has 0 spiro atoms. The van der Waals surface area contributed by atoms with Gasteiger partial charge in [-0.2, -0.15) is 5.10 Å². The van der Waals surface area contributed by atoms with Crippen LogP contribution in [0.1, 0.15) is 28.0 Å². The fraction of sp³-hybridized carbons (Fsp3) is 0.238. The molecule has 0 saturated heterocycles. The van der Waals surface area contributed by atoms with Gasteiger partial charge >= 0.3 is 0 Å². The Balaban J connectivity index is 1.42. The smallest absolute Gasteiger partial charge is 0.269 e. The van der Waals surface area contributed by atoms with E-state index in [2.05, 4.69) is 45.7 Å². The van der Waals surface area contributed by atoms with Gasteiger partial charge in [-0.15, -0.1) is 0 Å². The molecule has 5 nitrogen and oxygen atoms in total. The third-order valence-electron chi connectivity index (χ3n) is 4.84. The summed E-state index contributed by atoms with van der Waals surface area (Å²) in [6.07, 6.45) is 2.28. The summed E-state index contributed by atoms with van der Waals surface area (Å²) in [5, 5.41) is 10.0. The molecule has 132 valence electrons. The molecular formula is C21H22N4O. The van der Waals surface area contributed by atoms with Crippen LogP contribution in [-0.4, -0.2) is 29.7 Å². The van der Waals surface area contributed by atoms with Gasteiger partial charge in [-0.25, -0.2) is 0 Å². The highest BCUT2D eigenvalue weighted by Crippen LogP contribution is 2.26. The Morgan fingerprint density at radius 2 is 2.04 bits per heavy atom. The SMILES string of the molecule is CN1CCCc2cc(CNC(=O)c3cc(-c4ccccc4)n[nH]3)ccc21. The van der Waals surface area contributed by atoms with Gasteiger partial charge in [0.15, 0.2) is 0 Å². The molecule has 0 fully saturated rings. The molecule has 3 aromatic rings. The molecule has 1 aromatic heterocycles. The molecule has 0 atom stereocenters. The van der Waals surface area contributed by atoms with Crippen LogP contribution < -0.4 is 10.2 Å². The van der Waals surface area contributed by atoms with Crippen molar-refractivity contribution in [3.63, 3.8) is 0 Å². The van der Waals surface area contributed by atoms with E-state index >= 15 is 0 Å². The third-order valence-corrected chi connectivity index (χ3v) is 4.84. The van der Waals surface area contributed by atoms with Crippen LogP contribution in [0.25, 0.3) is 11.3 Å². The molecule has 1 amide bonds. The summed E-state index contributed by atoms with van der Waals surface area (Å²) < 4.78 is 0. The number of hydrogen-bond acceptors (Lipinski definition) is 3. The first-order chi connectivity index (χ1) is 12.7. The van der Waals surface area contributed by atoms with E-state index in [9.17, 15) is 4.79 Å². The van der Waals surface area contributed by atoms with Gasteiger partial charge in [0.1, 0.15) is 5.69 Å². The second-order valence-corrected chi connectivity index (χ2v) is 6.70. The van der Waals surface area contributed by atoms with E-state index in [1.54, 1.807) is 6.07 Å². The topological polar surface area (TPSA) is 61.0 Å². The van der Waals surface area contributed by atoms with Gasteiger partial charge in [0.05, 0.1) is 5.69 Å². The van der Waals surface area contributed by atoms with E-state index < -0.39 is 0 Å². The molecule has 1 aliphatic rings. The molecule has 1 aliphatic heterocycles. The van der Waals surface area contributed by atoms with Gasteiger partial charge in [0, 0.05) is 31.4 Å². The first-order valence-electron chi connectivity index (χ1n) is 8.93. The Kier molecular flexibility index (Phi) is 4.44. The van der Waals surface area contributed by atoms with Crippen molar-refractivity contribution in [2.24, 2.45) is 0 Å². The Morgan fingerprint density at radius 3 is 2.88 bits per heavy atom. The lowest BCUT2D eigenvalue weighted by atomic mass is 9.99.